The molecule has 0 saturated carbocycles. The molecule has 4 aromatic heterocycles. The van der Waals surface area contributed by atoms with Crippen molar-refractivity contribution in [2.45, 2.75) is 6.42 Å². The fourth-order valence-corrected chi connectivity index (χ4v) is 4.40. The topological polar surface area (TPSA) is 116 Å². The first-order valence-corrected chi connectivity index (χ1v) is 11.5. The molecule has 0 atom stereocenters. The van der Waals surface area contributed by atoms with Crippen molar-refractivity contribution >= 4 is 34.0 Å². The Bertz CT molecular complexity index is 1620. The van der Waals surface area contributed by atoms with Gasteiger partial charge in [-0.2, -0.15) is 0 Å². The first kappa shape index (κ1) is 22.0. The Morgan fingerprint density at radius 3 is 2.78 bits per heavy atom. The van der Waals surface area contributed by atoms with E-state index in [9.17, 15) is 13.6 Å². The summed E-state index contributed by atoms with van der Waals surface area (Å²) in [6, 6.07) is 6.34. The van der Waals surface area contributed by atoms with Gasteiger partial charge < -0.3 is 20.5 Å². The van der Waals surface area contributed by atoms with Gasteiger partial charge in [0.2, 0.25) is 5.95 Å². The minimum absolute atomic E-state index is 0.102. The Labute approximate surface area is 203 Å². The first-order valence-electron chi connectivity index (χ1n) is 11.5. The first-order chi connectivity index (χ1) is 17.6. The molecule has 0 spiro atoms. The van der Waals surface area contributed by atoms with Crippen molar-refractivity contribution in [3.05, 3.63) is 71.2 Å². The third-order valence-electron chi connectivity index (χ3n) is 6.15. The van der Waals surface area contributed by atoms with E-state index in [-0.39, 0.29) is 28.1 Å². The maximum atomic E-state index is 15.0. The van der Waals surface area contributed by atoms with Gasteiger partial charge in [-0.15, -0.1) is 0 Å². The second-order valence-corrected chi connectivity index (χ2v) is 8.46. The molecule has 5 heterocycles. The van der Waals surface area contributed by atoms with Crippen LogP contribution in [0.3, 0.4) is 0 Å². The minimum atomic E-state index is -0.798. The number of halogens is 2. The lowest BCUT2D eigenvalue weighted by Crippen LogP contribution is -2.27. The molecule has 3 N–H and O–H groups in total. The Hall–Kier alpha value is -4.45. The normalized spacial score (nSPS) is 14.3. The highest BCUT2D eigenvalue weighted by Gasteiger charge is 2.17. The van der Waals surface area contributed by atoms with Gasteiger partial charge in [-0.25, -0.2) is 28.7 Å². The number of anilines is 3. The van der Waals surface area contributed by atoms with Crippen LogP contribution in [0.1, 0.15) is 6.42 Å². The number of imidazole rings is 1. The number of nitrogens with one attached hydrogen (secondary N) is 3. The average molecular weight is 489 g/mol. The summed E-state index contributed by atoms with van der Waals surface area (Å²) in [6.07, 6.45) is 6.72. The van der Waals surface area contributed by atoms with E-state index in [1.165, 1.54) is 23.0 Å². The lowest BCUT2D eigenvalue weighted by atomic mass is 10.1. The molecule has 0 amide bonds. The molecule has 1 aliphatic rings. The number of aromatic amines is 1. The van der Waals surface area contributed by atoms with Crippen LogP contribution in [0.15, 0.2) is 54.0 Å². The summed E-state index contributed by atoms with van der Waals surface area (Å²) >= 11 is 0. The molecule has 10 nitrogen and oxygen atoms in total. The maximum Gasteiger partial charge on any atom is 0.261 e. The van der Waals surface area contributed by atoms with Crippen LogP contribution in [0.5, 0.6) is 0 Å². The Balaban J connectivity index is 1.33. The highest BCUT2D eigenvalue weighted by Crippen LogP contribution is 2.27. The molecular formula is C24H21F2N9O. The van der Waals surface area contributed by atoms with Crippen molar-refractivity contribution in [2.75, 3.05) is 36.4 Å². The third kappa shape index (κ3) is 4.01. The summed E-state index contributed by atoms with van der Waals surface area (Å²) in [5.41, 5.74) is 1.09. The van der Waals surface area contributed by atoms with E-state index in [0.29, 0.717) is 11.5 Å². The van der Waals surface area contributed by atoms with E-state index in [1.807, 2.05) is 6.07 Å². The minimum Gasteiger partial charge on any atom is -0.369 e. The van der Waals surface area contributed by atoms with Gasteiger partial charge in [0.1, 0.15) is 29.3 Å². The highest BCUT2D eigenvalue weighted by atomic mass is 19.1. The van der Waals surface area contributed by atoms with Crippen molar-refractivity contribution in [3.63, 3.8) is 0 Å². The molecule has 1 aromatic carbocycles. The van der Waals surface area contributed by atoms with Crippen LogP contribution in [-0.4, -0.2) is 55.5 Å². The van der Waals surface area contributed by atoms with Gasteiger partial charge in [0.25, 0.3) is 5.56 Å². The predicted octanol–water partition coefficient (Wildman–Crippen LogP) is 2.85. The standard InChI is InChI=1S/C24H21F2N9O/c25-16-8-14(9-18-21(16)23(36)32-20-12-28-13-35(18)20)22-17(26)11-30-24(33-22)31-19-3-2-15(10-29-19)34-6-1-4-27-5-7-34/h2-3,8-13,27H,1,4-7H2,(H,32,36)(H,29,30,31,33). The summed E-state index contributed by atoms with van der Waals surface area (Å²) in [5.74, 6) is -0.942. The molecule has 0 unspecified atom stereocenters. The van der Waals surface area contributed by atoms with E-state index in [1.54, 1.807) is 12.3 Å². The van der Waals surface area contributed by atoms with E-state index < -0.39 is 17.2 Å². The van der Waals surface area contributed by atoms with Crippen LogP contribution in [0.2, 0.25) is 0 Å². The summed E-state index contributed by atoms with van der Waals surface area (Å²) in [5, 5.41) is 6.20. The Morgan fingerprint density at radius 1 is 1.00 bits per heavy atom. The SMILES string of the molecule is O=c1[nH]c2cncn2c2cc(-c3nc(Nc4ccc(N5CCCNCC5)cn4)ncc3F)cc(F)c12. The van der Waals surface area contributed by atoms with Crippen molar-refractivity contribution in [1.29, 1.82) is 0 Å². The summed E-state index contributed by atoms with van der Waals surface area (Å²) in [6.45, 7) is 3.77. The quantitative estimate of drug-likeness (QED) is 0.353. The van der Waals surface area contributed by atoms with Crippen LogP contribution in [-0.2, 0) is 0 Å². The zero-order valence-electron chi connectivity index (χ0n) is 19.0. The average Bonchev–Trinajstić information content (AvgIpc) is 3.18. The molecule has 0 radical (unpaired) electrons. The van der Waals surface area contributed by atoms with Crippen LogP contribution >= 0.6 is 0 Å². The predicted molar refractivity (Wildman–Crippen MR) is 131 cm³/mol. The molecule has 36 heavy (non-hydrogen) atoms. The smallest absolute Gasteiger partial charge is 0.261 e. The largest absolute Gasteiger partial charge is 0.369 e. The zero-order chi connectivity index (χ0) is 24.6. The van der Waals surface area contributed by atoms with Gasteiger partial charge in [0.15, 0.2) is 5.82 Å². The van der Waals surface area contributed by atoms with Crippen LogP contribution in [0, 0.1) is 11.6 Å². The number of aromatic nitrogens is 6. The fraction of sp³-hybridized carbons (Fsp3) is 0.208. The molecule has 5 aromatic rings. The van der Waals surface area contributed by atoms with E-state index in [4.69, 9.17) is 0 Å². The molecular weight excluding hydrogens is 468 g/mol. The van der Waals surface area contributed by atoms with E-state index in [0.717, 1.165) is 50.6 Å². The maximum absolute atomic E-state index is 15.0. The van der Waals surface area contributed by atoms with Gasteiger partial charge in [0.05, 0.1) is 35.2 Å². The van der Waals surface area contributed by atoms with Crippen molar-refractivity contribution in [2.24, 2.45) is 0 Å². The fourth-order valence-electron chi connectivity index (χ4n) is 4.40. The van der Waals surface area contributed by atoms with E-state index >= 15 is 0 Å². The van der Waals surface area contributed by atoms with Gasteiger partial charge in [-0.1, -0.05) is 0 Å². The lowest BCUT2D eigenvalue weighted by Gasteiger charge is -2.21. The summed E-state index contributed by atoms with van der Waals surface area (Å²) in [7, 11) is 0. The molecule has 6 rings (SSSR count). The van der Waals surface area contributed by atoms with Crippen molar-refractivity contribution in [1.82, 2.24) is 34.6 Å². The van der Waals surface area contributed by atoms with Gasteiger partial charge >= 0.3 is 0 Å². The second kappa shape index (κ2) is 8.96. The number of hydrogen-bond donors (Lipinski definition) is 3. The highest BCUT2D eigenvalue weighted by molar-refractivity contribution is 5.85. The van der Waals surface area contributed by atoms with Crippen molar-refractivity contribution < 1.29 is 8.78 Å². The number of fused-ring (bicyclic) bond motifs is 3. The monoisotopic (exact) mass is 489 g/mol. The molecule has 0 bridgehead atoms. The Morgan fingerprint density at radius 2 is 1.92 bits per heavy atom. The summed E-state index contributed by atoms with van der Waals surface area (Å²) < 4.78 is 31.3. The third-order valence-corrected chi connectivity index (χ3v) is 6.15. The van der Waals surface area contributed by atoms with Crippen LogP contribution in [0.25, 0.3) is 27.8 Å². The van der Waals surface area contributed by atoms with Gasteiger partial charge in [0, 0.05) is 25.2 Å². The van der Waals surface area contributed by atoms with E-state index in [2.05, 4.69) is 40.5 Å². The van der Waals surface area contributed by atoms with Gasteiger partial charge in [-0.3, -0.25) is 9.20 Å². The molecule has 0 aliphatic carbocycles. The Kier molecular flexibility index (Phi) is 5.49. The lowest BCUT2D eigenvalue weighted by molar-refractivity contribution is 0.617. The van der Waals surface area contributed by atoms with Crippen molar-refractivity contribution in [3.8, 4) is 11.3 Å². The number of benzene rings is 1. The molecule has 12 heteroatoms. The second-order valence-electron chi connectivity index (χ2n) is 8.46. The number of nitrogens with zero attached hydrogens (tertiary/aromatic N) is 6. The number of pyridine rings is 1. The zero-order valence-corrected chi connectivity index (χ0v) is 19.0. The molecule has 1 aliphatic heterocycles. The number of hydrogen-bond acceptors (Lipinski definition) is 8. The number of rotatable bonds is 4. The molecule has 1 fully saturated rings. The number of H-pyrrole nitrogens is 1. The van der Waals surface area contributed by atoms with Crippen LogP contribution < -0.4 is 21.1 Å². The van der Waals surface area contributed by atoms with Crippen LogP contribution in [0.4, 0.5) is 26.2 Å². The molecule has 182 valence electrons. The molecule has 1 saturated heterocycles. The summed E-state index contributed by atoms with van der Waals surface area (Å²) in [4.78, 5) is 33.9. The van der Waals surface area contributed by atoms with Gasteiger partial charge in [-0.05, 0) is 37.2 Å².